The molecule has 6 nitrogen and oxygen atoms in total. The zero-order chi connectivity index (χ0) is 12.4. The van der Waals surface area contributed by atoms with E-state index in [-0.39, 0.29) is 5.91 Å². The molecule has 1 amide bonds. The molecule has 2 heterocycles. The van der Waals surface area contributed by atoms with Gasteiger partial charge >= 0.3 is 0 Å². The van der Waals surface area contributed by atoms with Gasteiger partial charge in [0.15, 0.2) is 10.9 Å². The van der Waals surface area contributed by atoms with Crippen molar-refractivity contribution in [3.05, 3.63) is 28.1 Å². The summed E-state index contributed by atoms with van der Waals surface area (Å²) in [5.74, 6) is 0.414. The number of hydrogen-bond donors (Lipinski definition) is 2. The lowest BCUT2D eigenvalue weighted by molar-refractivity contribution is 0.0950. The Hall–Kier alpha value is -1.89. The highest BCUT2D eigenvalue weighted by atomic mass is 32.1. The largest absolute Gasteiger partial charge is 0.375 e. The summed E-state index contributed by atoms with van der Waals surface area (Å²) in [6.07, 6.45) is 0. The number of nitrogens with two attached hydrogens (primary N) is 1. The van der Waals surface area contributed by atoms with Crippen LogP contribution in [0.4, 0.5) is 5.13 Å². The van der Waals surface area contributed by atoms with Crippen LogP contribution in [0.1, 0.15) is 26.8 Å². The highest BCUT2D eigenvalue weighted by Gasteiger charge is 2.14. The molecular formula is C10H12N4O2S. The number of carbonyl (C=O) groups excluding carboxylic acids is 1. The Labute approximate surface area is 102 Å². The number of hydrogen-bond acceptors (Lipinski definition) is 6. The van der Waals surface area contributed by atoms with E-state index in [9.17, 15) is 4.79 Å². The van der Waals surface area contributed by atoms with E-state index >= 15 is 0 Å². The monoisotopic (exact) mass is 252 g/mol. The molecule has 3 N–H and O–H groups in total. The molecule has 0 saturated heterocycles. The van der Waals surface area contributed by atoms with Crippen LogP contribution in [0, 0.1) is 13.8 Å². The summed E-state index contributed by atoms with van der Waals surface area (Å²) in [4.78, 5) is 16.3. The highest BCUT2D eigenvalue weighted by Crippen LogP contribution is 2.19. The fraction of sp³-hybridized carbons (Fsp3) is 0.300. The van der Waals surface area contributed by atoms with Crippen molar-refractivity contribution in [1.82, 2.24) is 15.5 Å². The van der Waals surface area contributed by atoms with Gasteiger partial charge in [0.1, 0.15) is 4.88 Å². The topological polar surface area (TPSA) is 94.0 Å². The van der Waals surface area contributed by atoms with Crippen LogP contribution in [0.15, 0.2) is 10.6 Å². The average Bonchev–Trinajstić information content (AvgIpc) is 2.81. The lowest BCUT2D eigenvalue weighted by Crippen LogP contribution is -2.22. The summed E-state index contributed by atoms with van der Waals surface area (Å²) in [7, 11) is 0. The fourth-order valence-electron chi connectivity index (χ4n) is 1.38. The molecule has 0 aliphatic carbocycles. The van der Waals surface area contributed by atoms with Gasteiger partial charge in [-0.3, -0.25) is 4.79 Å². The van der Waals surface area contributed by atoms with E-state index in [4.69, 9.17) is 10.3 Å². The summed E-state index contributed by atoms with van der Waals surface area (Å²) < 4.78 is 4.98. The number of amides is 1. The van der Waals surface area contributed by atoms with Gasteiger partial charge in [-0.15, -0.1) is 0 Å². The van der Waals surface area contributed by atoms with Gasteiger partial charge in [0.2, 0.25) is 0 Å². The molecule has 2 aromatic rings. The van der Waals surface area contributed by atoms with E-state index < -0.39 is 0 Å². The minimum atomic E-state index is -0.203. The average molecular weight is 252 g/mol. The first-order chi connectivity index (χ1) is 8.06. The molecule has 0 aromatic carbocycles. The molecule has 2 aromatic heterocycles. The smallest absolute Gasteiger partial charge is 0.263 e. The number of thiazole rings is 1. The van der Waals surface area contributed by atoms with Crippen molar-refractivity contribution in [2.24, 2.45) is 0 Å². The number of anilines is 1. The van der Waals surface area contributed by atoms with Crippen molar-refractivity contribution >= 4 is 22.4 Å². The second-order valence-corrected chi connectivity index (χ2v) is 4.61. The number of nitrogens with one attached hydrogen (secondary N) is 1. The van der Waals surface area contributed by atoms with Crippen LogP contribution in [-0.2, 0) is 6.54 Å². The van der Waals surface area contributed by atoms with E-state index in [1.807, 2.05) is 6.92 Å². The number of nitrogens with zero attached hydrogens (tertiary/aromatic N) is 2. The van der Waals surface area contributed by atoms with Gasteiger partial charge in [0.05, 0.1) is 17.9 Å². The standard InChI is InChI=1S/C10H12N4O2S/c1-5-3-7(16-14-5)4-12-9(15)8-6(2)13-10(11)17-8/h3H,4H2,1-2H3,(H2,11,13)(H,12,15). The predicted octanol–water partition coefficient (Wildman–Crippen LogP) is 1.26. The zero-order valence-electron chi connectivity index (χ0n) is 9.48. The molecule has 0 unspecified atom stereocenters. The van der Waals surface area contributed by atoms with Crippen LogP contribution in [0.5, 0.6) is 0 Å². The zero-order valence-corrected chi connectivity index (χ0v) is 10.3. The maximum Gasteiger partial charge on any atom is 0.263 e. The van der Waals surface area contributed by atoms with E-state index in [0.717, 1.165) is 5.69 Å². The summed E-state index contributed by atoms with van der Waals surface area (Å²) in [5, 5.41) is 6.85. The van der Waals surface area contributed by atoms with Gasteiger partial charge < -0.3 is 15.6 Å². The summed E-state index contributed by atoms with van der Waals surface area (Å²) in [6.45, 7) is 3.88. The molecule has 0 atom stereocenters. The second kappa shape index (κ2) is 4.54. The molecule has 0 bridgehead atoms. The van der Waals surface area contributed by atoms with Crippen LogP contribution >= 0.6 is 11.3 Å². The molecule has 0 fully saturated rings. The Morgan fingerprint density at radius 1 is 1.59 bits per heavy atom. The van der Waals surface area contributed by atoms with Crippen molar-refractivity contribution in [3.8, 4) is 0 Å². The number of nitrogen functional groups attached to an aromatic ring is 1. The van der Waals surface area contributed by atoms with E-state index in [1.165, 1.54) is 11.3 Å². The molecular weight excluding hydrogens is 240 g/mol. The quantitative estimate of drug-likeness (QED) is 0.857. The van der Waals surface area contributed by atoms with Gasteiger partial charge in [-0.05, 0) is 13.8 Å². The van der Waals surface area contributed by atoms with Gasteiger partial charge in [-0.25, -0.2) is 4.98 Å². The molecule has 0 aliphatic rings. The third-order valence-corrected chi connectivity index (χ3v) is 3.10. The number of rotatable bonds is 3. The Kier molecular flexibility index (Phi) is 3.10. The fourth-order valence-corrected chi connectivity index (χ4v) is 2.13. The van der Waals surface area contributed by atoms with E-state index in [0.29, 0.717) is 28.0 Å². The van der Waals surface area contributed by atoms with Gasteiger partial charge in [-0.2, -0.15) is 0 Å². The maximum atomic E-state index is 11.8. The lowest BCUT2D eigenvalue weighted by atomic mass is 10.3. The highest BCUT2D eigenvalue weighted by molar-refractivity contribution is 7.17. The van der Waals surface area contributed by atoms with E-state index in [2.05, 4.69) is 15.5 Å². The summed E-state index contributed by atoms with van der Waals surface area (Å²) >= 11 is 1.17. The minimum absolute atomic E-state index is 0.203. The van der Waals surface area contributed by atoms with E-state index in [1.54, 1.807) is 13.0 Å². The lowest BCUT2D eigenvalue weighted by Gasteiger charge is -2.00. The van der Waals surface area contributed by atoms with Gasteiger partial charge in [-0.1, -0.05) is 16.5 Å². The molecule has 0 radical (unpaired) electrons. The molecule has 7 heteroatoms. The maximum absolute atomic E-state index is 11.8. The van der Waals surface area contributed by atoms with Crippen molar-refractivity contribution < 1.29 is 9.32 Å². The van der Waals surface area contributed by atoms with Crippen molar-refractivity contribution in [1.29, 1.82) is 0 Å². The van der Waals surface area contributed by atoms with Crippen LogP contribution in [0.3, 0.4) is 0 Å². The van der Waals surface area contributed by atoms with Crippen LogP contribution in [0.2, 0.25) is 0 Å². The molecule has 0 aliphatic heterocycles. The first kappa shape index (κ1) is 11.6. The minimum Gasteiger partial charge on any atom is -0.375 e. The SMILES string of the molecule is Cc1cc(CNC(=O)c2sc(N)nc2C)on1. The first-order valence-electron chi connectivity index (χ1n) is 4.99. The number of aryl methyl sites for hydroxylation is 2. The van der Waals surface area contributed by atoms with Crippen LogP contribution in [-0.4, -0.2) is 16.0 Å². The van der Waals surface area contributed by atoms with Gasteiger partial charge in [0, 0.05) is 6.07 Å². The Bertz CT molecular complexity index is 546. The van der Waals surface area contributed by atoms with Crippen LogP contribution < -0.4 is 11.1 Å². The molecule has 17 heavy (non-hydrogen) atoms. The molecule has 0 saturated carbocycles. The number of aromatic nitrogens is 2. The first-order valence-corrected chi connectivity index (χ1v) is 5.81. The molecule has 0 spiro atoms. The van der Waals surface area contributed by atoms with Gasteiger partial charge in [0.25, 0.3) is 5.91 Å². The Balaban J connectivity index is 2.00. The second-order valence-electron chi connectivity index (χ2n) is 3.58. The summed E-state index contributed by atoms with van der Waals surface area (Å²) in [6, 6.07) is 1.77. The summed E-state index contributed by atoms with van der Waals surface area (Å²) in [5.41, 5.74) is 6.95. The molecule has 90 valence electrons. The Morgan fingerprint density at radius 3 is 2.88 bits per heavy atom. The van der Waals surface area contributed by atoms with Crippen molar-refractivity contribution in [3.63, 3.8) is 0 Å². The molecule has 2 rings (SSSR count). The number of carbonyl (C=O) groups is 1. The third kappa shape index (κ3) is 2.62. The predicted molar refractivity (Wildman–Crippen MR) is 63.7 cm³/mol. The normalized spacial score (nSPS) is 10.5. The van der Waals surface area contributed by atoms with Crippen molar-refractivity contribution in [2.75, 3.05) is 5.73 Å². The third-order valence-electron chi connectivity index (χ3n) is 2.12. The van der Waals surface area contributed by atoms with Crippen molar-refractivity contribution in [2.45, 2.75) is 20.4 Å². The Morgan fingerprint density at radius 2 is 2.35 bits per heavy atom. The van der Waals surface area contributed by atoms with Crippen LogP contribution in [0.25, 0.3) is 0 Å².